The summed E-state index contributed by atoms with van der Waals surface area (Å²) >= 11 is 0. The summed E-state index contributed by atoms with van der Waals surface area (Å²) in [5.74, 6) is 0.110. The quantitative estimate of drug-likeness (QED) is 0.889. The number of hydrogen-bond acceptors (Lipinski definition) is 4. The molecule has 2 fully saturated rings. The molecule has 132 valence electrons. The number of nitrogens with zero attached hydrogens (tertiary/aromatic N) is 1. The van der Waals surface area contributed by atoms with Crippen LogP contribution in [0, 0.1) is 0 Å². The zero-order valence-corrected chi connectivity index (χ0v) is 14.5. The first kappa shape index (κ1) is 17.4. The molecule has 0 bridgehead atoms. The molecule has 2 aliphatic rings. The van der Waals surface area contributed by atoms with Gasteiger partial charge in [-0.2, -0.15) is 0 Å². The van der Waals surface area contributed by atoms with Crippen LogP contribution in [-0.4, -0.2) is 62.9 Å². The SMILES string of the molecule is C[C@H](C(=O)NCC1(c2ccccc2)CCOCC1)N1CCOCC1. The number of carbonyl (C=O) groups excluding carboxylic acids is 1. The predicted molar refractivity (Wildman–Crippen MR) is 93.0 cm³/mol. The standard InChI is InChI=1S/C19H28N2O3/c1-16(21-9-13-24-14-10-21)18(22)20-15-19(7-11-23-12-8-19)17-5-3-2-4-6-17/h2-6,16H,7-15H2,1H3,(H,20,22)/t16-/m1/s1. The van der Waals surface area contributed by atoms with E-state index >= 15 is 0 Å². The maximum absolute atomic E-state index is 12.6. The molecule has 3 rings (SSSR count). The van der Waals surface area contributed by atoms with E-state index in [1.54, 1.807) is 0 Å². The fraction of sp³-hybridized carbons (Fsp3) is 0.632. The molecule has 0 aromatic heterocycles. The van der Waals surface area contributed by atoms with Crippen LogP contribution in [0.3, 0.4) is 0 Å². The van der Waals surface area contributed by atoms with Crippen LogP contribution in [0.2, 0.25) is 0 Å². The van der Waals surface area contributed by atoms with Crippen molar-refractivity contribution in [2.45, 2.75) is 31.2 Å². The number of morpholine rings is 1. The van der Waals surface area contributed by atoms with Crippen LogP contribution in [0.15, 0.2) is 30.3 Å². The fourth-order valence-electron chi connectivity index (χ4n) is 3.66. The van der Waals surface area contributed by atoms with Crippen LogP contribution in [-0.2, 0) is 19.7 Å². The molecular weight excluding hydrogens is 304 g/mol. The summed E-state index contributed by atoms with van der Waals surface area (Å²) in [5.41, 5.74) is 1.28. The van der Waals surface area contributed by atoms with E-state index in [2.05, 4.69) is 34.5 Å². The van der Waals surface area contributed by atoms with Gasteiger partial charge in [-0.25, -0.2) is 0 Å². The van der Waals surface area contributed by atoms with Gasteiger partial charge < -0.3 is 14.8 Å². The topological polar surface area (TPSA) is 50.8 Å². The summed E-state index contributed by atoms with van der Waals surface area (Å²) < 4.78 is 10.9. The predicted octanol–water partition coefficient (Wildman–Crippen LogP) is 1.57. The minimum atomic E-state index is -0.110. The molecule has 1 N–H and O–H groups in total. The number of hydrogen-bond donors (Lipinski definition) is 1. The Labute approximate surface area is 144 Å². The Kier molecular flexibility index (Phi) is 5.87. The second-order valence-electron chi connectivity index (χ2n) is 6.80. The summed E-state index contributed by atoms with van der Waals surface area (Å²) in [4.78, 5) is 14.8. The van der Waals surface area contributed by atoms with Gasteiger partial charge in [-0.3, -0.25) is 9.69 Å². The first-order valence-corrected chi connectivity index (χ1v) is 8.94. The van der Waals surface area contributed by atoms with E-state index in [0.29, 0.717) is 19.8 Å². The third-order valence-corrected chi connectivity index (χ3v) is 5.41. The van der Waals surface area contributed by atoms with Crippen LogP contribution < -0.4 is 5.32 Å². The summed E-state index contributed by atoms with van der Waals surface area (Å²) in [5, 5.41) is 3.21. The number of amides is 1. The van der Waals surface area contributed by atoms with Gasteiger partial charge in [0.15, 0.2) is 0 Å². The van der Waals surface area contributed by atoms with Crippen molar-refractivity contribution in [2.24, 2.45) is 0 Å². The molecule has 2 aliphatic heterocycles. The van der Waals surface area contributed by atoms with Gasteiger partial charge in [0.2, 0.25) is 5.91 Å². The lowest BCUT2D eigenvalue weighted by molar-refractivity contribution is -0.128. The van der Waals surface area contributed by atoms with Gasteiger partial charge in [-0.15, -0.1) is 0 Å². The van der Waals surface area contributed by atoms with Crippen molar-refractivity contribution < 1.29 is 14.3 Å². The maximum atomic E-state index is 12.6. The molecule has 0 radical (unpaired) electrons. The maximum Gasteiger partial charge on any atom is 0.237 e. The van der Waals surface area contributed by atoms with Crippen LogP contribution in [0.5, 0.6) is 0 Å². The molecule has 1 aromatic carbocycles. The van der Waals surface area contributed by atoms with Gasteiger partial charge in [0.05, 0.1) is 19.3 Å². The van der Waals surface area contributed by atoms with E-state index in [0.717, 1.165) is 39.1 Å². The van der Waals surface area contributed by atoms with Crippen molar-refractivity contribution in [3.8, 4) is 0 Å². The molecule has 1 atom stereocenters. The first-order chi connectivity index (χ1) is 11.7. The lowest BCUT2D eigenvalue weighted by atomic mass is 9.74. The zero-order chi connectivity index (χ0) is 16.8. The number of carbonyl (C=O) groups is 1. The van der Waals surface area contributed by atoms with Crippen molar-refractivity contribution in [3.63, 3.8) is 0 Å². The molecule has 0 saturated carbocycles. The zero-order valence-electron chi connectivity index (χ0n) is 14.5. The van der Waals surface area contributed by atoms with Crippen molar-refractivity contribution in [1.82, 2.24) is 10.2 Å². The highest BCUT2D eigenvalue weighted by Gasteiger charge is 2.35. The molecule has 24 heavy (non-hydrogen) atoms. The summed E-state index contributed by atoms with van der Waals surface area (Å²) in [7, 11) is 0. The highest BCUT2D eigenvalue weighted by Crippen LogP contribution is 2.34. The number of ether oxygens (including phenoxy) is 2. The minimum absolute atomic E-state index is 0.0140. The first-order valence-electron chi connectivity index (χ1n) is 8.94. The van der Waals surface area contributed by atoms with E-state index in [9.17, 15) is 4.79 Å². The average molecular weight is 332 g/mol. The molecule has 5 heteroatoms. The number of rotatable bonds is 5. The van der Waals surface area contributed by atoms with E-state index in [4.69, 9.17) is 9.47 Å². The summed E-state index contributed by atoms with van der Waals surface area (Å²) in [6.45, 7) is 7.24. The number of benzene rings is 1. The van der Waals surface area contributed by atoms with Gasteiger partial charge in [-0.1, -0.05) is 30.3 Å². The summed E-state index contributed by atoms with van der Waals surface area (Å²) in [6, 6.07) is 10.4. The lowest BCUT2D eigenvalue weighted by Gasteiger charge is -2.39. The second-order valence-corrected chi connectivity index (χ2v) is 6.80. The Bertz CT molecular complexity index is 523. The highest BCUT2D eigenvalue weighted by atomic mass is 16.5. The van der Waals surface area contributed by atoms with Crippen molar-refractivity contribution in [3.05, 3.63) is 35.9 Å². The number of nitrogens with one attached hydrogen (secondary N) is 1. The molecule has 0 unspecified atom stereocenters. The van der Waals surface area contributed by atoms with E-state index < -0.39 is 0 Å². The van der Waals surface area contributed by atoms with E-state index in [-0.39, 0.29) is 17.4 Å². The lowest BCUT2D eigenvalue weighted by Crippen LogP contribution is -2.52. The monoisotopic (exact) mass is 332 g/mol. The Morgan fingerprint density at radius 1 is 1.12 bits per heavy atom. The summed E-state index contributed by atoms with van der Waals surface area (Å²) in [6.07, 6.45) is 1.90. The van der Waals surface area contributed by atoms with Crippen LogP contribution in [0.25, 0.3) is 0 Å². The largest absolute Gasteiger partial charge is 0.381 e. The minimum Gasteiger partial charge on any atom is -0.381 e. The molecule has 2 saturated heterocycles. The molecule has 1 amide bonds. The molecule has 0 spiro atoms. The molecule has 5 nitrogen and oxygen atoms in total. The van der Waals surface area contributed by atoms with Crippen LogP contribution in [0.4, 0.5) is 0 Å². The Morgan fingerprint density at radius 2 is 1.75 bits per heavy atom. The van der Waals surface area contributed by atoms with E-state index in [1.165, 1.54) is 5.56 Å². The van der Waals surface area contributed by atoms with Crippen LogP contribution >= 0.6 is 0 Å². The molecular formula is C19H28N2O3. The molecule has 0 aliphatic carbocycles. The van der Waals surface area contributed by atoms with E-state index in [1.807, 2.05) is 13.0 Å². The average Bonchev–Trinajstić information content (AvgIpc) is 2.67. The van der Waals surface area contributed by atoms with Crippen molar-refractivity contribution in [2.75, 3.05) is 46.1 Å². The van der Waals surface area contributed by atoms with Gasteiger partial charge in [-0.05, 0) is 25.3 Å². The third kappa shape index (κ3) is 3.97. The van der Waals surface area contributed by atoms with Gasteiger partial charge in [0, 0.05) is 38.3 Å². The van der Waals surface area contributed by atoms with Crippen molar-refractivity contribution >= 4 is 5.91 Å². The van der Waals surface area contributed by atoms with Gasteiger partial charge in [0.25, 0.3) is 0 Å². The van der Waals surface area contributed by atoms with Crippen molar-refractivity contribution in [1.29, 1.82) is 0 Å². The normalized spacial score (nSPS) is 22.7. The molecule has 1 aromatic rings. The highest BCUT2D eigenvalue weighted by molar-refractivity contribution is 5.81. The molecule has 2 heterocycles. The van der Waals surface area contributed by atoms with Gasteiger partial charge in [0.1, 0.15) is 0 Å². The fourth-order valence-corrected chi connectivity index (χ4v) is 3.66. The van der Waals surface area contributed by atoms with Gasteiger partial charge >= 0.3 is 0 Å². The Morgan fingerprint density at radius 3 is 2.42 bits per heavy atom. The third-order valence-electron chi connectivity index (χ3n) is 5.41. The smallest absolute Gasteiger partial charge is 0.237 e. The Hall–Kier alpha value is -1.43. The Balaban J connectivity index is 1.64. The second kappa shape index (κ2) is 8.10. The van der Waals surface area contributed by atoms with Crippen LogP contribution in [0.1, 0.15) is 25.3 Å².